The van der Waals surface area contributed by atoms with E-state index >= 15 is 0 Å². The highest BCUT2D eigenvalue weighted by molar-refractivity contribution is 5.54. The van der Waals surface area contributed by atoms with Crippen LogP contribution in [0.5, 0.6) is 34.5 Å². The molecule has 4 bridgehead atoms. The van der Waals surface area contributed by atoms with Crippen LogP contribution in [-0.4, -0.2) is 42.3 Å². The number of unbranched alkanes of at least 4 members (excludes halogenated alkanes) is 6. The lowest BCUT2D eigenvalue weighted by Gasteiger charge is -2.59. The van der Waals surface area contributed by atoms with Gasteiger partial charge in [0.15, 0.2) is 0 Å². The predicted octanol–water partition coefficient (Wildman–Crippen LogP) is 16.1. The summed E-state index contributed by atoms with van der Waals surface area (Å²) < 4.78 is 6.36. The van der Waals surface area contributed by atoms with E-state index in [1.165, 1.54) is 86.1 Å². The van der Waals surface area contributed by atoms with Gasteiger partial charge < -0.3 is 35.4 Å². The first-order valence-corrected chi connectivity index (χ1v) is 27.3. The van der Waals surface area contributed by atoms with Gasteiger partial charge in [-0.2, -0.15) is 0 Å². The number of aromatic hydroxyl groups is 5. The first-order chi connectivity index (χ1) is 33.0. The minimum absolute atomic E-state index is 0.139. The highest BCUT2D eigenvalue weighted by atomic mass is 16.5. The standard InChI is InChI=1S/2C21H30O2.C11H16O2.C10H16O/c1-5-6-7-8-14-10-18(22)20(19(23)11-14)15-9-13(2)16-12-17(15)21(16,3)4;1-5-6-7-8-15-12-18(22)20-16-11-14(2)9-10-17(16)21(3,4)23-19(20)13-15;1-2-3-4-5-9-6-10(12)8-11(13)7-9;1-6-4-9(11)8-5-7(6)10(8,2)3/h9-11,15-17,22-23H,5-8,12H2,1-4H3;9,12-13,16-17,22H,5-8,10-11H2,1-4H3;6-8,12-13H,2-5H2,1H3;4,7-9,11H,5H2,1-3H3/t15?,16-,17+;16-,17-;;7-,8+,9?/m01.0/s1. The number of ether oxygens (including phenoxy) is 1. The van der Waals surface area contributed by atoms with Crippen LogP contribution in [0.25, 0.3) is 0 Å². The van der Waals surface area contributed by atoms with Crippen molar-refractivity contribution in [1.82, 2.24) is 0 Å². The number of aliphatic hydroxyl groups is 1. The number of aliphatic hydroxyl groups excluding tert-OH is 1. The van der Waals surface area contributed by atoms with Crippen LogP contribution in [0, 0.1) is 40.4 Å². The Kier molecular flexibility index (Phi) is 18.1. The van der Waals surface area contributed by atoms with Crippen molar-refractivity contribution in [2.75, 3.05) is 0 Å². The summed E-state index contributed by atoms with van der Waals surface area (Å²) in [6.45, 7) is 26.7. The van der Waals surface area contributed by atoms with Gasteiger partial charge in [-0.1, -0.05) is 122 Å². The summed E-state index contributed by atoms with van der Waals surface area (Å²) in [5.74, 6) is 5.59. The fraction of sp³-hybridized carbons (Fsp3) is 0.619. The van der Waals surface area contributed by atoms with Crippen molar-refractivity contribution in [3.63, 3.8) is 0 Å². The lowest BCUT2D eigenvalue weighted by atomic mass is 9.45. The zero-order valence-corrected chi connectivity index (χ0v) is 45.3. The molecule has 0 aromatic heterocycles. The van der Waals surface area contributed by atoms with Crippen LogP contribution in [-0.2, 0) is 19.3 Å². The van der Waals surface area contributed by atoms with Gasteiger partial charge in [-0.3, -0.25) is 0 Å². The molecule has 7 nitrogen and oxygen atoms in total. The Morgan fingerprint density at radius 2 is 1.00 bits per heavy atom. The van der Waals surface area contributed by atoms with Crippen molar-refractivity contribution >= 4 is 0 Å². The third kappa shape index (κ3) is 12.3. The summed E-state index contributed by atoms with van der Waals surface area (Å²) in [6.07, 6.45) is 24.4. The molecule has 6 N–H and O–H groups in total. The van der Waals surface area contributed by atoms with E-state index in [4.69, 9.17) is 4.74 Å². The van der Waals surface area contributed by atoms with Crippen molar-refractivity contribution < 1.29 is 35.4 Å². The van der Waals surface area contributed by atoms with Crippen molar-refractivity contribution in [3.05, 3.63) is 105 Å². The zero-order chi connectivity index (χ0) is 51.3. The van der Waals surface area contributed by atoms with Crippen LogP contribution < -0.4 is 4.74 Å². The number of hydrogen-bond acceptors (Lipinski definition) is 7. The van der Waals surface area contributed by atoms with E-state index in [9.17, 15) is 30.6 Å². The third-order valence-electron chi connectivity index (χ3n) is 17.8. The molecule has 8 atom stereocenters. The van der Waals surface area contributed by atoms with Crippen LogP contribution in [0.4, 0.5) is 0 Å². The number of rotatable bonds is 13. The predicted molar refractivity (Wildman–Crippen MR) is 288 cm³/mol. The lowest BCUT2D eigenvalue weighted by molar-refractivity contribution is -0.0760. The molecule has 1 heterocycles. The van der Waals surface area contributed by atoms with Gasteiger partial charge in [0, 0.05) is 34.9 Å². The van der Waals surface area contributed by atoms with Gasteiger partial charge in [-0.15, -0.1) is 0 Å². The normalized spacial score (nSPS) is 26.7. The number of phenolic OH excluding ortho intramolecular Hbond substituents is 5. The summed E-state index contributed by atoms with van der Waals surface area (Å²) in [4.78, 5) is 0. The van der Waals surface area contributed by atoms with E-state index in [-0.39, 0.29) is 46.0 Å². The van der Waals surface area contributed by atoms with Crippen LogP contribution in [0.1, 0.15) is 206 Å². The molecular weight excluding hydrogens is 869 g/mol. The molecule has 11 rings (SSSR count). The molecule has 3 aromatic carbocycles. The molecule has 3 aromatic rings. The number of benzene rings is 3. The molecule has 2 unspecified atom stereocenters. The van der Waals surface area contributed by atoms with E-state index in [1.54, 1.807) is 12.1 Å². The Morgan fingerprint density at radius 3 is 1.46 bits per heavy atom. The minimum atomic E-state index is -0.177. The Morgan fingerprint density at radius 1 is 0.543 bits per heavy atom. The highest BCUT2D eigenvalue weighted by Crippen LogP contribution is 2.65. The lowest BCUT2D eigenvalue weighted by Crippen LogP contribution is -2.53. The molecule has 7 aliphatic carbocycles. The molecule has 0 spiro atoms. The molecule has 2 fully saturated rings. The maximum absolute atomic E-state index is 10.7. The number of fused-ring (bicyclic) bond motifs is 5. The summed E-state index contributed by atoms with van der Waals surface area (Å²) in [7, 11) is 0. The highest BCUT2D eigenvalue weighted by Gasteiger charge is 2.56. The molecule has 8 aliphatic rings. The van der Waals surface area contributed by atoms with Gasteiger partial charge >= 0.3 is 0 Å². The fourth-order valence-corrected chi connectivity index (χ4v) is 13.4. The maximum atomic E-state index is 10.7. The molecule has 1 aliphatic heterocycles. The summed E-state index contributed by atoms with van der Waals surface area (Å²) in [5, 5.41) is 59.9. The Balaban J connectivity index is 0.000000160. The van der Waals surface area contributed by atoms with Crippen molar-refractivity contribution in [3.8, 4) is 34.5 Å². The van der Waals surface area contributed by atoms with E-state index < -0.39 is 0 Å². The van der Waals surface area contributed by atoms with Crippen molar-refractivity contribution in [1.29, 1.82) is 0 Å². The SMILES string of the molecule is CC1=CC(O)[C@H]2C[C@@H]1C2(C)C.CCCCCc1cc(O)c(C2C=C(C)[C@@H]3C[C@H]2C3(C)C)c(O)c1.CCCCCc1cc(O)c2c(c1)OC(C)(C)[C@@H]1CC=C(C)C[C@@H]21.CCCCCc1cc(O)cc(O)c1. The number of aryl methyl sites for hydroxylation is 3. The van der Waals surface area contributed by atoms with Gasteiger partial charge in [-0.05, 0) is 186 Å². The molecule has 386 valence electrons. The monoisotopic (exact) mass is 961 g/mol. The second kappa shape index (κ2) is 23.0. The molecule has 7 heteroatoms. The fourth-order valence-electron chi connectivity index (χ4n) is 13.4. The van der Waals surface area contributed by atoms with Crippen LogP contribution in [0.15, 0.2) is 77.4 Å². The number of phenols is 5. The van der Waals surface area contributed by atoms with Gasteiger partial charge in [0.25, 0.3) is 0 Å². The summed E-state index contributed by atoms with van der Waals surface area (Å²) in [5.41, 5.74) is 9.71. The summed E-state index contributed by atoms with van der Waals surface area (Å²) >= 11 is 0. The smallest absolute Gasteiger partial charge is 0.127 e. The zero-order valence-electron chi connectivity index (χ0n) is 45.3. The molecule has 0 radical (unpaired) electrons. The molecule has 0 amide bonds. The van der Waals surface area contributed by atoms with Crippen LogP contribution in [0.3, 0.4) is 0 Å². The average Bonchev–Trinajstić information content (AvgIpc) is 3.25. The first kappa shape index (κ1) is 55.0. The second-order valence-electron chi connectivity index (χ2n) is 24.0. The Bertz CT molecular complexity index is 2300. The first-order valence-electron chi connectivity index (χ1n) is 27.3. The second-order valence-corrected chi connectivity index (χ2v) is 24.0. The van der Waals surface area contributed by atoms with E-state index in [2.05, 4.69) is 101 Å². The minimum Gasteiger partial charge on any atom is -0.508 e. The van der Waals surface area contributed by atoms with E-state index in [0.29, 0.717) is 40.8 Å². The molecule has 0 saturated heterocycles. The van der Waals surface area contributed by atoms with Crippen molar-refractivity contribution in [2.24, 2.45) is 40.4 Å². The Labute approximate surface area is 423 Å². The Hall–Kier alpha value is -4.36. The maximum Gasteiger partial charge on any atom is 0.127 e. The third-order valence-corrected chi connectivity index (χ3v) is 17.8. The van der Waals surface area contributed by atoms with Gasteiger partial charge in [-0.25, -0.2) is 0 Å². The van der Waals surface area contributed by atoms with Gasteiger partial charge in [0.05, 0.1) is 6.10 Å². The van der Waals surface area contributed by atoms with Crippen LogP contribution >= 0.6 is 0 Å². The quantitative estimate of drug-likeness (QED) is 0.0743. The largest absolute Gasteiger partial charge is 0.508 e. The van der Waals surface area contributed by atoms with E-state index in [1.807, 2.05) is 24.3 Å². The number of hydrogen-bond donors (Lipinski definition) is 6. The average molecular weight is 961 g/mol. The molecule has 70 heavy (non-hydrogen) atoms. The van der Waals surface area contributed by atoms with Crippen LogP contribution in [0.2, 0.25) is 0 Å². The van der Waals surface area contributed by atoms with Gasteiger partial charge in [0.1, 0.15) is 40.1 Å². The molecular formula is C63H92O7. The van der Waals surface area contributed by atoms with Crippen molar-refractivity contribution in [2.45, 2.75) is 209 Å². The topological polar surface area (TPSA) is 131 Å². The molecule has 2 saturated carbocycles. The van der Waals surface area contributed by atoms with E-state index in [0.717, 1.165) is 78.9 Å². The van der Waals surface area contributed by atoms with Gasteiger partial charge in [0.2, 0.25) is 0 Å². The number of allylic oxidation sites excluding steroid dienone is 5. The summed E-state index contributed by atoms with van der Waals surface area (Å²) in [6, 6.07) is 12.6.